The monoisotopic (exact) mass is 584 g/mol. The van der Waals surface area contributed by atoms with E-state index >= 15 is 0 Å². The quantitative estimate of drug-likeness (QED) is 0.241. The molecule has 2 aromatic carbocycles. The molecule has 0 aliphatic carbocycles. The Balaban J connectivity index is 2.01. The van der Waals surface area contributed by atoms with Crippen molar-refractivity contribution in [2.24, 2.45) is 0 Å². The van der Waals surface area contributed by atoms with Gasteiger partial charge in [-0.25, -0.2) is 0 Å². The number of carbonyl (C=O) groups is 1. The third-order valence-corrected chi connectivity index (χ3v) is 7.68. The largest absolute Gasteiger partial charge is 0.496 e. The van der Waals surface area contributed by atoms with Crippen LogP contribution in [0.15, 0.2) is 29.8 Å². The molecule has 8 nitrogen and oxygen atoms in total. The van der Waals surface area contributed by atoms with Crippen molar-refractivity contribution in [3.63, 3.8) is 0 Å². The van der Waals surface area contributed by atoms with Crippen molar-refractivity contribution < 1.29 is 38.7 Å². The van der Waals surface area contributed by atoms with Crippen LogP contribution in [0.4, 0.5) is 0 Å². The molecule has 1 atom stereocenters. The lowest BCUT2D eigenvalue weighted by Crippen LogP contribution is -2.24. The normalized spacial score (nSPS) is 15.6. The summed E-state index contributed by atoms with van der Waals surface area (Å²) in [7, 11) is 6.31. The van der Waals surface area contributed by atoms with E-state index in [9.17, 15) is 15.0 Å². The van der Waals surface area contributed by atoms with Gasteiger partial charge in [0.1, 0.15) is 28.9 Å². The molecule has 2 N–H and O–H groups in total. The molecular formula is C34H48O8. The van der Waals surface area contributed by atoms with Crippen molar-refractivity contribution in [2.45, 2.75) is 96.9 Å². The number of rotatable bonds is 14. The number of hydrogen-bond donors (Lipinski definition) is 2. The molecule has 2 aromatic rings. The number of fused-ring (bicyclic) bond motifs is 1. The van der Waals surface area contributed by atoms with E-state index in [0.717, 1.165) is 36.0 Å². The van der Waals surface area contributed by atoms with Crippen LogP contribution in [0.5, 0.6) is 28.7 Å². The fourth-order valence-corrected chi connectivity index (χ4v) is 5.42. The van der Waals surface area contributed by atoms with Crippen LogP contribution in [0.2, 0.25) is 0 Å². The van der Waals surface area contributed by atoms with Gasteiger partial charge in [-0.3, -0.25) is 4.79 Å². The first-order chi connectivity index (χ1) is 19.7. The fourth-order valence-electron chi connectivity index (χ4n) is 5.42. The lowest BCUT2D eigenvalue weighted by Gasteiger charge is -2.30. The van der Waals surface area contributed by atoms with Crippen LogP contribution in [-0.2, 0) is 12.8 Å². The summed E-state index contributed by atoms with van der Waals surface area (Å²) >= 11 is 0. The second-order valence-corrected chi connectivity index (χ2v) is 12.3. The first-order valence-corrected chi connectivity index (χ1v) is 14.5. The number of ether oxygens (including phenoxy) is 5. The zero-order chi connectivity index (χ0) is 31.2. The summed E-state index contributed by atoms with van der Waals surface area (Å²) in [5.74, 6) is 2.48. The van der Waals surface area contributed by atoms with E-state index in [1.807, 2.05) is 26.0 Å². The summed E-state index contributed by atoms with van der Waals surface area (Å²) in [5, 5.41) is 20.4. The van der Waals surface area contributed by atoms with E-state index in [-0.39, 0.29) is 12.2 Å². The third kappa shape index (κ3) is 8.19. The number of methoxy groups -OCH3 is 4. The van der Waals surface area contributed by atoms with Gasteiger partial charge in [0.25, 0.3) is 0 Å². The maximum Gasteiger partial charge on any atom is 0.174 e. The van der Waals surface area contributed by atoms with Crippen molar-refractivity contribution in [1.82, 2.24) is 0 Å². The van der Waals surface area contributed by atoms with Crippen molar-refractivity contribution in [2.75, 3.05) is 28.4 Å². The van der Waals surface area contributed by atoms with Crippen LogP contribution in [0.3, 0.4) is 0 Å². The molecule has 0 bridgehead atoms. The predicted molar refractivity (Wildman–Crippen MR) is 164 cm³/mol. The Morgan fingerprint density at radius 1 is 0.929 bits per heavy atom. The number of Topliss-reactive ketones (excluding diaryl/α,β-unsaturated/α-hetero) is 1. The Kier molecular flexibility index (Phi) is 11.0. The lowest BCUT2D eigenvalue weighted by molar-refractivity contribution is 0.0687. The van der Waals surface area contributed by atoms with E-state index in [1.54, 1.807) is 41.2 Å². The zero-order valence-electron chi connectivity index (χ0n) is 26.7. The van der Waals surface area contributed by atoms with Crippen LogP contribution >= 0.6 is 0 Å². The molecule has 3 rings (SSSR count). The Morgan fingerprint density at radius 3 is 2.14 bits per heavy atom. The highest BCUT2D eigenvalue weighted by atomic mass is 16.5. The van der Waals surface area contributed by atoms with Crippen LogP contribution in [0.1, 0.15) is 99.9 Å². The van der Waals surface area contributed by atoms with E-state index < -0.39 is 17.3 Å². The second kappa shape index (κ2) is 13.8. The SMILES string of the molecule is COc1cc2c(c(OC)c1CCC(C)(C)O)C(=O)CC(c1ccc(OC)c(OC)c1C/C=C(/C)CCCC(C)(C)O)O2. The Labute approximate surface area is 250 Å². The summed E-state index contributed by atoms with van der Waals surface area (Å²) in [5.41, 5.74) is 2.49. The topological polar surface area (TPSA) is 104 Å². The second-order valence-electron chi connectivity index (χ2n) is 12.3. The van der Waals surface area contributed by atoms with Gasteiger partial charge in [0.05, 0.1) is 46.1 Å². The Hall–Kier alpha value is -3.23. The van der Waals surface area contributed by atoms with Gasteiger partial charge in [-0.1, -0.05) is 17.7 Å². The maximum absolute atomic E-state index is 13.7. The summed E-state index contributed by atoms with van der Waals surface area (Å²) in [6.07, 6.45) is 5.70. The highest BCUT2D eigenvalue weighted by molar-refractivity contribution is 6.03. The number of benzene rings is 2. The number of carbonyl (C=O) groups excluding carboxylic acids is 1. The fraction of sp³-hybridized carbons (Fsp3) is 0.559. The molecule has 0 amide bonds. The highest BCUT2D eigenvalue weighted by Crippen LogP contribution is 2.47. The number of allylic oxidation sites excluding steroid dienone is 2. The first-order valence-electron chi connectivity index (χ1n) is 14.5. The summed E-state index contributed by atoms with van der Waals surface area (Å²) in [6.45, 7) is 9.23. The van der Waals surface area contributed by atoms with Gasteiger partial charge in [0.2, 0.25) is 0 Å². The minimum Gasteiger partial charge on any atom is -0.496 e. The standard InChI is InChI=1S/C34H48O8/c1-21(11-10-17-33(2,3)36)12-13-23-22(14-15-26(38-6)31(23)40-8)28-19-25(35)30-29(42-28)20-27(39-7)24(32(30)41-9)16-18-34(4,5)37/h12,14-15,20,28,36-37H,10-11,13,16-19H2,1-9H3/b21-12-. The average molecular weight is 585 g/mol. The maximum atomic E-state index is 13.7. The van der Waals surface area contributed by atoms with Gasteiger partial charge in [0, 0.05) is 22.8 Å². The van der Waals surface area contributed by atoms with Gasteiger partial charge in [-0.2, -0.15) is 0 Å². The molecule has 0 saturated heterocycles. The minimum atomic E-state index is -0.885. The molecule has 8 heteroatoms. The molecular weight excluding hydrogens is 536 g/mol. The van der Waals surface area contributed by atoms with E-state index in [0.29, 0.717) is 53.6 Å². The summed E-state index contributed by atoms with van der Waals surface area (Å²) < 4.78 is 29.4. The number of aliphatic hydroxyl groups is 2. The molecule has 42 heavy (non-hydrogen) atoms. The summed E-state index contributed by atoms with van der Waals surface area (Å²) in [6, 6.07) is 5.51. The first kappa shape index (κ1) is 33.3. The van der Waals surface area contributed by atoms with Crippen molar-refractivity contribution >= 4 is 5.78 Å². The molecule has 1 heterocycles. The molecule has 1 unspecified atom stereocenters. The predicted octanol–water partition coefficient (Wildman–Crippen LogP) is 6.56. The minimum absolute atomic E-state index is 0.0932. The Morgan fingerprint density at radius 2 is 1.57 bits per heavy atom. The molecule has 0 saturated carbocycles. The smallest absolute Gasteiger partial charge is 0.174 e. The van der Waals surface area contributed by atoms with Crippen LogP contribution in [-0.4, -0.2) is 55.6 Å². The van der Waals surface area contributed by atoms with Crippen LogP contribution < -0.4 is 23.7 Å². The van der Waals surface area contributed by atoms with Gasteiger partial charge in [-0.05, 0) is 79.2 Å². The van der Waals surface area contributed by atoms with Crippen molar-refractivity contribution in [3.05, 3.63) is 52.1 Å². The molecule has 1 aliphatic rings. The number of hydrogen-bond acceptors (Lipinski definition) is 8. The third-order valence-electron chi connectivity index (χ3n) is 7.68. The van der Waals surface area contributed by atoms with Crippen LogP contribution in [0, 0.1) is 0 Å². The number of ketones is 1. The van der Waals surface area contributed by atoms with E-state index in [4.69, 9.17) is 23.7 Å². The molecule has 1 aliphatic heterocycles. The highest BCUT2D eigenvalue weighted by Gasteiger charge is 2.35. The molecule has 0 fully saturated rings. The Bertz CT molecular complexity index is 1280. The molecule has 0 aromatic heterocycles. The van der Waals surface area contributed by atoms with Gasteiger partial charge < -0.3 is 33.9 Å². The van der Waals surface area contributed by atoms with E-state index in [2.05, 4.69) is 13.0 Å². The summed E-state index contributed by atoms with van der Waals surface area (Å²) in [4.78, 5) is 13.7. The van der Waals surface area contributed by atoms with Gasteiger partial charge in [-0.15, -0.1) is 0 Å². The van der Waals surface area contributed by atoms with Gasteiger partial charge >= 0.3 is 0 Å². The lowest BCUT2D eigenvalue weighted by atomic mass is 9.88. The average Bonchev–Trinajstić information content (AvgIpc) is 2.92. The van der Waals surface area contributed by atoms with Crippen molar-refractivity contribution in [1.29, 1.82) is 0 Å². The van der Waals surface area contributed by atoms with E-state index in [1.165, 1.54) is 12.7 Å². The van der Waals surface area contributed by atoms with Crippen molar-refractivity contribution in [3.8, 4) is 28.7 Å². The zero-order valence-corrected chi connectivity index (χ0v) is 26.7. The van der Waals surface area contributed by atoms with Crippen LogP contribution in [0.25, 0.3) is 0 Å². The molecule has 0 spiro atoms. The van der Waals surface area contributed by atoms with Gasteiger partial charge in [0.15, 0.2) is 17.3 Å². The molecule has 0 radical (unpaired) electrons. The molecule has 232 valence electrons.